The van der Waals surface area contributed by atoms with Crippen molar-refractivity contribution >= 4 is 51.7 Å². The molecular formula is C19H14Cl2N2O4. The maximum atomic E-state index is 12.3. The van der Waals surface area contributed by atoms with E-state index in [9.17, 15) is 14.4 Å². The van der Waals surface area contributed by atoms with Crippen LogP contribution in [0.2, 0.25) is 10.0 Å². The Balaban J connectivity index is 1.73. The van der Waals surface area contributed by atoms with Crippen LogP contribution in [0.5, 0.6) is 0 Å². The molecule has 0 aliphatic heterocycles. The average Bonchev–Trinajstić information content (AvgIpc) is 2.60. The van der Waals surface area contributed by atoms with E-state index >= 15 is 0 Å². The number of H-pyrrole nitrogens is 1. The molecule has 1 atom stereocenters. The number of benzene rings is 2. The van der Waals surface area contributed by atoms with Crippen LogP contribution in [0.3, 0.4) is 0 Å². The van der Waals surface area contributed by atoms with Gasteiger partial charge in [0.1, 0.15) is 5.69 Å². The summed E-state index contributed by atoms with van der Waals surface area (Å²) in [5.74, 6) is -1.38. The average molecular weight is 405 g/mol. The number of aromatic amines is 1. The number of aromatic nitrogens is 1. The standard InChI is InChI=1S/C19H14Cl2N2O4/c1-10(18(25)22-13-7-11(20)6-12(21)8-13)27-19(26)16-9-17(24)14-4-2-3-5-15(14)23-16/h2-10H,1H3,(H,22,25)(H,23,24)/t10-/m1/s1. The first-order chi connectivity index (χ1) is 12.8. The first kappa shape index (κ1) is 18.9. The van der Waals surface area contributed by atoms with Gasteiger partial charge >= 0.3 is 5.97 Å². The lowest BCUT2D eigenvalue weighted by atomic mass is 10.2. The maximum Gasteiger partial charge on any atom is 0.355 e. The molecule has 0 unspecified atom stereocenters. The Morgan fingerprint density at radius 3 is 2.44 bits per heavy atom. The van der Waals surface area contributed by atoms with Crippen LogP contribution in [0.1, 0.15) is 17.4 Å². The summed E-state index contributed by atoms with van der Waals surface area (Å²) in [6.45, 7) is 1.42. The summed E-state index contributed by atoms with van der Waals surface area (Å²) < 4.78 is 5.15. The second-order valence-electron chi connectivity index (χ2n) is 5.79. The van der Waals surface area contributed by atoms with Gasteiger partial charge in [0.25, 0.3) is 5.91 Å². The van der Waals surface area contributed by atoms with Crippen LogP contribution in [0.15, 0.2) is 53.3 Å². The number of ether oxygens (including phenoxy) is 1. The molecule has 2 aromatic carbocycles. The number of esters is 1. The summed E-state index contributed by atoms with van der Waals surface area (Å²) in [5.41, 5.74) is 0.522. The summed E-state index contributed by atoms with van der Waals surface area (Å²) in [5, 5.41) is 3.74. The van der Waals surface area contributed by atoms with E-state index in [1.165, 1.54) is 25.1 Å². The molecule has 1 heterocycles. The molecule has 0 radical (unpaired) electrons. The van der Waals surface area contributed by atoms with Gasteiger partial charge in [-0.1, -0.05) is 35.3 Å². The first-order valence-electron chi connectivity index (χ1n) is 7.93. The van der Waals surface area contributed by atoms with Gasteiger partial charge in [-0.25, -0.2) is 4.79 Å². The highest BCUT2D eigenvalue weighted by Gasteiger charge is 2.20. The molecule has 8 heteroatoms. The molecule has 3 aromatic rings. The van der Waals surface area contributed by atoms with Gasteiger partial charge in [0, 0.05) is 32.7 Å². The van der Waals surface area contributed by atoms with E-state index in [0.717, 1.165) is 6.07 Å². The van der Waals surface area contributed by atoms with Gasteiger partial charge in [-0.15, -0.1) is 0 Å². The van der Waals surface area contributed by atoms with E-state index in [2.05, 4.69) is 10.3 Å². The van der Waals surface area contributed by atoms with E-state index in [-0.39, 0.29) is 11.1 Å². The molecule has 2 N–H and O–H groups in total. The van der Waals surface area contributed by atoms with Crippen molar-refractivity contribution in [2.45, 2.75) is 13.0 Å². The van der Waals surface area contributed by atoms with Gasteiger partial charge in [0.15, 0.2) is 11.5 Å². The number of hydrogen-bond acceptors (Lipinski definition) is 4. The molecule has 0 aliphatic carbocycles. The van der Waals surface area contributed by atoms with Crippen molar-refractivity contribution in [1.82, 2.24) is 4.98 Å². The van der Waals surface area contributed by atoms with Crippen molar-refractivity contribution in [3.8, 4) is 0 Å². The Kier molecular flexibility index (Phi) is 5.48. The van der Waals surface area contributed by atoms with Gasteiger partial charge in [0.05, 0.1) is 0 Å². The molecule has 0 saturated heterocycles. The fourth-order valence-corrected chi connectivity index (χ4v) is 2.98. The van der Waals surface area contributed by atoms with E-state index in [1.54, 1.807) is 24.3 Å². The van der Waals surface area contributed by atoms with Crippen molar-refractivity contribution in [1.29, 1.82) is 0 Å². The minimum Gasteiger partial charge on any atom is -0.448 e. The molecule has 6 nitrogen and oxygen atoms in total. The summed E-state index contributed by atoms with van der Waals surface area (Å²) >= 11 is 11.8. The number of anilines is 1. The fraction of sp³-hybridized carbons (Fsp3) is 0.105. The van der Waals surface area contributed by atoms with Gasteiger partial charge in [-0.05, 0) is 37.3 Å². The van der Waals surface area contributed by atoms with Gasteiger partial charge in [-0.2, -0.15) is 0 Å². The van der Waals surface area contributed by atoms with E-state index < -0.39 is 18.0 Å². The molecule has 27 heavy (non-hydrogen) atoms. The third-order valence-electron chi connectivity index (χ3n) is 3.74. The normalized spacial score (nSPS) is 11.8. The Morgan fingerprint density at radius 1 is 1.07 bits per heavy atom. The third-order valence-corrected chi connectivity index (χ3v) is 4.18. The van der Waals surface area contributed by atoms with Crippen LogP contribution in [0, 0.1) is 0 Å². The van der Waals surface area contributed by atoms with E-state index in [4.69, 9.17) is 27.9 Å². The molecule has 0 aliphatic rings. The number of nitrogens with one attached hydrogen (secondary N) is 2. The summed E-state index contributed by atoms with van der Waals surface area (Å²) in [6.07, 6.45) is -1.11. The number of para-hydroxylation sites is 1. The Labute approximate surface area is 164 Å². The highest BCUT2D eigenvalue weighted by molar-refractivity contribution is 6.35. The lowest BCUT2D eigenvalue weighted by Gasteiger charge is -2.14. The lowest BCUT2D eigenvalue weighted by Crippen LogP contribution is -2.30. The Morgan fingerprint density at radius 2 is 1.74 bits per heavy atom. The topological polar surface area (TPSA) is 88.3 Å². The predicted octanol–water partition coefficient (Wildman–Crippen LogP) is 4.02. The molecule has 1 aromatic heterocycles. The van der Waals surface area contributed by atoms with Crippen LogP contribution in [-0.4, -0.2) is 23.0 Å². The third kappa shape index (κ3) is 4.48. The first-order valence-corrected chi connectivity index (χ1v) is 8.69. The van der Waals surface area contributed by atoms with Crippen LogP contribution >= 0.6 is 23.2 Å². The number of hydrogen-bond donors (Lipinski definition) is 2. The van der Waals surface area contributed by atoms with Crippen LogP contribution in [0.25, 0.3) is 10.9 Å². The summed E-state index contributed by atoms with van der Waals surface area (Å²) in [4.78, 5) is 39.5. The lowest BCUT2D eigenvalue weighted by molar-refractivity contribution is -0.123. The van der Waals surface area contributed by atoms with E-state index in [1.807, 2.05) is 0 Å². The molecule has 1 amide bonds. The molecule has 3 rings (SSSR count). The highest BCUT2D eigenvalue weighted by Crippen LogP contribution is 2.22. The maximum absolute atomic E-state index is 12.3. The number of carbonyl (C=O) groups is 2. The molecular weight excluding hydrogens is 391 g/mol. The zero-order chi connectivity index (χ0) is 19.6. The monoisotopic (exact) mass is 404 g/mol. The fourth-order valence-electron chi connectivity index (χ4n) is 2.45. The predicted molar refractivity (Wildman–Crippen MR) is 105 cm³/mol. The molecule has 0 saturated carbocycles. The molecule has 0 spiro atoms. The second-order valence-corrected chi connectivity index (χ2v) is 6.66. The van der Waals surface area contributed by atoms with Crippen LogP contribution < -0.4 is 10.7 Å². The minimum absolute atomic E-state index is 0.0378. The van der Waals surface area contributed by atoms with Gasteiger partial charge in [0.2, 0.25) is 0 Å². The number of halogens is 2. The molecule has 0 bridgehead atoms. The van der Waals surface area contributed by atoms with Crippen LogP contribution in [-0.2, 0) is 9.53 Å². The largest absolute Gasteiger partial charge is 0.448 e. The zero-order valence-electron chi connectivity index (χ0n) is 14.1. The van der Waals surface area contributed by atoms with Crippen molar-refractivity contribution in [3.63, 3.8) is 0 Å². The number of fused-ring (bicyclic) bond motifs is 1. The number of carbonyl (C=O) groups excluding carboxylic acids is 2. The van der Waals surface area contributed by atoms with Crippen molar-refractivity contribution in [2.24, 2.45) is 0 Å². The number of amides is 1. The van der Waals surface area contributed by atoms with Crippen molar-refractivity contribution in [2.75, 3.05) is 5.32 Å². The zero-order valence-corrected chi connectivity index (χ0v) is 15.6. The van der Waals surface area contributed by atoms with Crippen LogP contribution in [0.4, 0.5) is 5.69 Å². The molecule has 0 fully saturated rings. The van der Waals surface area contributed by atoms with Crippen molar-refractivity contribution in [3.05, 3.63) is 74.5 Å². The highest BCUT2D eigenvalue weighted by atomic mass is 35.5. The second kappa shape index (κ2) is 7.82. The SMILES string of the molecule is C[C@@H](OC(=O)c1cc(=O)c2ccccc2[nH]1)C(=O)Nc1cc(Cl)cc(Cl)c1. The number of pyridine rings is 1. The minimum atomic E-state index is -1.11. The van der Waals surface area contributed by atoms with Gasteiger partial charge in [-0.3, -0.25) is 9.59 Å². The van der Waals surface area contributed by atoms with Crippen molar-refractivity contribution < 1.29 is 14.3 Å². The summed E-state index contributed by atoms with van der Waals surface area (Å²) in [6, 6.07) is 12.5. The quantitative estimate of drug-likeness (QED) is 0.642. The number of rotatable bonds is 4. The summed E-state index contributed by atoms with van der Waals surface area (Å²) in [7, 11) is 0. The van der Waals surface area contributed by atoms with E-state index in [0.29, 0.717) is 26.6 Å². The Bertz CT molecular complexity index is 1070. The Hall–Kier alpha value is -2.83. The molecule has 138 valence electrons. The smallest absolute Gasteiger partial charge is 0.355 e. The van der Waals surface area contributed by atoms with Gasteiger partial charge < -0.3 is 15.0 Å².